The van der Waals surface area contributed by atoms with Gasteiger partial charge in [0.05, 0.1) is 0 Å². The molecule has 1 atom stereocenters. The molecule has 2 rings (SSSR count). The first-order valence-electron chi connectivity index (χ1n) is 8.95. The number of carbonyl (C=O) groups excluding carboxylic acids is 2. The van der Waals surface area contributed by atoms with Crippen molar-refractivity contribution in [3.05, 3.63) is 47.7 Å². The van der Waals surface area contributed by atoms with Gasteiger partial charge in [-0.05, 0) is 24.3 Å². The van der Waals surface area contributed by atoms with E-state index in [1.165, 1.54) is 6.08 Å². The van der Waals surface area contributed by atoms with Crippen molar-refractivity contribution in [3.63, 3.8) is 0 Å². The summed E-state index contributed by atoms with van der Waals surface area (Å²) in [5.74, 6) is -2.55. The maximum atomic E-state index is 13.4. The third-order valence-electron chi connectivity index (χ3n) is 4.29. The number of nitrogens with one attached hydrogen (secondary N) is 2. The Bertz CT molecular complexity index is 735. The lowest BCUT2D eigenvalue weighted by Gasteiger charge is -2.32. The number of hydrazine groups is 1. The number of nitrogens with zero attached hydrogens (tertiary/aromatic N) is 1. The maximum Gasteiger partial charge on any atom is 0.438 e. The molecule has 1 aliphatic heterocycles. The number of halogens is 3. The molecule has 0 aromatic heterocycles. The van der Waals surface area contributed by atoms with E-state index in [9.17, 15) is 27.9 Å². The van der Waals surface area contributed by atoms with Crippen LogP contribution in [0.1, 0.15) is 32.3 Å². The van der Waals surface area contributed by atoms with Gasteiger partial charge in [-0.1, -0.05) is 50.3 Å². The molecule has 1 fully saturated rings. The molecule has 9 heteroatoms. The summed E-state index contributed by atoms with van der Waals surface area (Å²) in [7, 11) is 0. The summed E-state index contributed by atoms with van der Waals surface area (Å²) in [6.07, 6.45) is -3.63. The lowest BCUT2D eigenvalue weighted by molar-refractivity contribution is -0.303. The van der Waals surface area contributed by atoms with Crippen molar-refractivity contribution < 1.29 is 27.9 Å². The second-order valence-corrected chi connectivity index (χ2v) is 7.09. The molecule has 6 nitrogen and oxygen atoms in total. The molecule has 2 amide bonds. The quantitative estimate of drug-likeness (QED) is 0.664. The first-order chi connectivity index (χ1) is 13.0. The van der Waals surface area contributed by atoms with Gasteiger partial charge in [-0.25, -0.2) is 5.01 Å². The average molecular weight is 399 g/mol. The van der Waals surface area contributed by atoms with Gasteiger partial charge in [0.2, 0.25) is 0 Å². The maximum absolute atomic E-state index is 13.4. The number of allylic oxidation sites excluding steroid dienone is 1. The zero-order chi connectivity index (χ0) is 20.9. The highest BCUT2D eigenvalue weighted by molar-refractivity contribution is 6.35. The SMILES string of the molecule is CC(C)CC=C1CC(O)(C(F)(F)F)N(C(=O)C(=O)NCCc2ccccc2)N1. The van der Waals surface area contributed by atoms with Gasteiger partial charge in [-0.3, -0.25) is 15.0 Å². The van der Waals surface area contributed by atoms with Crippen molar-refractivity contribution in [3.8, 4) is 0 Å². The Labute approximate surface area is 161 Å². The third-order valence-corrected chi connectivity index (χ3v) is 4.29. The average Bonchev–Trinajstić information content (AvgIpc) is 2.98. The summed E-state index contributed by atoms with van der Waals surface area (Å²) in [6.45, 7) is 3.83. The molecular formula is C19H24F3N3O3. The fourth-order valence-electron chi connectivity index (χ4n) is 2.70. The Balaban J connectivity index is 2.07. The summed E-state index contributed by atoms with van der Waals surface area (Å²) >= 11 is 0. The van der Waals surface area contributed by atoms with Gasteiger partial charge >= 0.3 is 18.0 Å². The number of alkyl halides is 3. The van der Waals surface area contributed by atoms with E-state index >= 15 is 0 Å². The molecule has 0 radical (unpaired) electrons. The Morgan fingerprint density at radius 2 is 1.96 bits per heavy atom. The van der Waals surface area contributed by atoms with Gasteiger partial charge in [-0.2, -0.15) is 13.2 Å². The van der Waals surface area contributed by atoms with Gasteiger partial charge in [0, 0.05) is 18.7 Å². The monoisotopic (exact) mass is 399 g/mol. The van der Waals surface area contributed by atoms with E-state index < -0.39 is 30.1 Å². The largest absolute Gasteiger partial charge is 0.438 e. The van der Waals surface area contributed by atoms with E-state index in [2.05, 4.69) is 10.7 Å². The summed E-state index contributed by atoms with van der Waals surface area (Å²) in [5.41, 5.74) is -0.292. The van der Waals surface area contributed by atoms with E-state index in [0.29, 0.717) is 12.8 Å². The van der Waals surface area contributed by atoms with Crippen LogP contribution in [-0.2, 0) is 16.0 Å². The molecule has 154 valence electrons. The predicted octanol–water partition coefficient (Wildman–Crippen LogP) is 2.26. The second-order valence-electron chi connectivity index (χ2n) is 7.09. The topological polar surface area (TPSA) is 81.7 Å². The molecular weight excluding hydrogens is 375 g/mol. The summed E-state index contributed by atoms with van der Waals surface area (Å²) in [4.78, 5) is 24.4. The number of hydrogen-bond donors (Lipinski definition) is 3. The summed E-state index contributed by atoms with van der Waals surface area (Å²) in [6, 6.07) is 9.09. The predicted molar refractivity (Wildman–Crippen MR) is 96.3 cm³/mol. The molecule has 1 aliphatic rings. The Hall–Kier alpha value is -2.55. The van der Waals surface area contributed by atoms with Crippen LogP contribution in [0.25, 0.3) is 0 Å². The van der Waals surface area contributed by atoms with Crippen molar-refractivity contribution in [1.29, 1.82) is 0 Å². The van der Waals surface area contributed by atoms with Crippen LogP contribution >= 0.6 is 0 Å². The smallest absolute Gasteiger partial charge is 0.362 e. The molecule has 1 aromatic carbocycles. The van der Waals surface area contributed by atoms with E-state index in [0.717, 1.165) is 5.56 Å². The summed E-state index contributed by atoms with van der Waals surface area (Å²) in [5, 5.41) is 12.4. The molecule has 1 unspecified atom stereocenters. The Morgan fingerprint density at radius 1 is 1.32 bits per heavy atom. The first kappa shape index (κ1) is 21.7. The molecule has 0 saturated carbocycles. The number of amides is 2. The van der Waals surface area contributed by atoms with Crippen LogP contribution in [0.15, 0.2) is 42.1 Å². The molecule has 0 bridgehead atoms. The Morgan fingerprint density at radius 3 is 2.54 bits per heavy atom. The van der Waals surface area contributed by atoms with Gasteiger partial charge in [0.1, 0.15) is 0 Å². The highest BCUT2D eigenvalue weighted by atomic mass is 19.4. The zero-order valence-electron chi connectivity index (χ0n) is 15.7. The van der Waals surface area contributed by atoms with Gasteiger partial charge in [0.25, 0.3) is 5.72 Å². The molecule has 28 heavy (non-hydrogen) atoms. The lowest BCUT2D eigenvalue weighted by atomic mass is 10.1. The van der Waals surface area contributed by atoms with E-state index in [1.807, 2.05) is 44.2 Å². The Kier molecular flexibility index (Phi) is 6.71. The fourth-order valence-corrected chi connectivity index (χ4v) is 2.70. The van der Waals surface area contributed by atoms with Crippen molar-refractivity contribution >= 4 is 11.8 Å². The van der Waals surface area contributed by atoms with Crippen LogP contribution < -0.4 is 10.7 Å². The van der Waals surface area contributed by atoms with Gasteiger partial charge in [0.15, 0.2) is 0 Å². The molecule has 1 aromatic rings. The molecule has 0 spiro atoms. The van der Waals surface area contributed by atoms with Crippen molar-refractivity contribution in [2.24, 2.45) is 5.92 Å². The fraction of sp³-hybridized carbons (Fsp3) is 0.474. The molecule has 3 N–H and O–H groups in total. The third kappa shape index (κ3) is 5.03. The number of aliphatic hydroxyl groups is 1. The molecule has 1 saturated heterocycles. The van der Waals surface area contributed by atoms with Crippen LogP contribution in [0, 0.1) is 5.92 Å². The molecule has 0 aliphatic carbocycles. The van der Waals surface area contributed by atoms with Crippen LogP contribution in [0.5, 0.6) is 0 Å². The highest BCUT2D eigenvalue weighted by Crippen LogP contribution is 2.41. The number of hydrogen-bond acceptors (Lipinski definition) is 4. The number of benzene rings is 1. The first-order valence-corrected chi connectivity index (χ1v) is 8.95. The van der Waals surface area contributed by atoms with Crippen molar-refractivity contribution in [2.45, 2.75) is 45.0 Å². The zero-order valence-corrected chi connectivity index (χ0v) is 15.7. The lowest BCUT2D eigenvalue weighted by Crippen LogP contribution is -2.62. The van der Waals surface area contributed by atoms with Crippen molar-refractivity contribution in [1.82, 2.24) is 15.8 Å². The van der Waals surface area contributed by atoms with E-state index in [1.54, 1.807) is 0 Å². The highest BCUT2D eigenvalue weighted by Gasteiger charge is 2.64. The van der Waals surface area contributed by atoms with Crippen molar-refractivity contribution in [2.75, 3.05) is 6.54 Å². The number of carbonyl (C=O) groups is 2. The minimum Gasteiger partial charge on any atom is -0.362 e. The van der Waals surface area contributed by atoms with Crippen LogP contribution in [0.4, 0.5) is 13.2 Å². The van der Waals surface area contributed by atoms with Gasteiger partial charge < -0.3 is 10.4 Å². The van der Waals surface area contributed by atoms with E-state index in [4.69, 9.17) is 0 Å². The van der Waals surface area contributed by atoms with Crippen LogP contribution in [0.3, 0.4) is 0 Å². The second kappa shape index (κ2) is 8.64. The van der Waals surface area contributed by atoms with Gasteiger partial charge in [-0.15, -0.1) is 0 Å². The van der Waals surface area contributed by atoms with Crippen LogP contribution in [0.2, 0.25) is 0 Å². The number of rotatable bonds is 5. The normalized spacial score (nSPS) is 21.1. The van der Waals surface area contributed by atoms with E-state index in [-0.39, 0.29) is 23.2 Å². The molecule has 1 heterocycles. The minimum atomic E-state index is -5.13. The minimum absolute atomic E-state index is 0.0307. The van der Waals surface area contributed by atoms with Crippen LogP contribution in [-0.4, -0.2) is 40.4 Å². The standard InChI is InChI=1S/C19H24F3N3O3/c1-13(2)8-9-15-12-18(28,19(20,21)22)25(24-15)17(27)16(26)23-11-10-14-6-4-3-5-7-14/h3-7,9,13,24,28H,8,10-12H2,1-2H3,(H,23,26). The summed E-state index contributed by atoms with van der Waals surface area (Å²) < 4.78 is 40.3.